The summed E-state index contributed by atoms with van der Waals surface area (Å²) in [4.78, 5) is 14.5. The molecule has 1 heterocycles. The van der Waals surface area contributed by atoms with Crippen molar-refractivity contribution in [1.29, 1.82) is 0 Å². The van der Waals surface area contributed by atoms with E-state index in [9.17, 15) is 9.18 Å². The Morgan fingerprint density at radius 1 is 1.12 bits per heavy atom. The van der Waals surface area contributed by atoms with E-state index in [0.717, 1.165) is 23.6 Å². The average molecular weight is 215 g/mol. The van der Waals surface area contributed by atoms with Gasteiger partial charge in [-0.2, -0.15) is 0 Å². The van der Waals surface area contributed by atoms with E-state index < -0.39 is 0 Å². The number of benzene rings is 1. The molecule has 0 saturated heterocycles. The first kappa shape index (κ1) is 10.5. The maximum absolute atomic E-state index is 13.0. The summed E-state index contributed by atoms with van der Waals surface area (Å²) in [5.41, 5.74) is 3.02. The number of aryl methyl sites for hydroxylation is 1. The van der Waals surface area contributed by atoms with Gasteiger partial charge in [-0.1, -0.05) is 6.07 Å². The molecule has 1 aromatic carbocycles. The summed E-state index contributed by atoms with van der Waals surface area (Å²) in [5.74, 6) is -0.383. The Hall–Kier alpha value is -2.03. The fourth-order valence-electron chi connectivity index (χ4n) is 1.62. The molecular formula is C13H10FNO. The Morgan fingerprint density at radius 2 is 1.94 bits per heavy atom. The maximum Gasteiger partial charge on any atom is 0.150 e. The molecule has 0 bridgehead atoms. The number of halogens is 1. The van der Waals surface area contributed by atoms with E-state index in [0.29, 0.717) is 11.1 Å². The fourth-order valence-corrected chi connectivity index (χ4v) is 1.62. The van der Waals surface area contributed by atoms with Gasteiger partial charge in [0, 0.05) is 17.3 Å². The normalized spacial score (nSPS) is 10.1. The number of pyridine rings is 1. The van der Waals surface area contributed by atoms with Crippen LogP contribution in [0, 0.1) is 12.7 Å². The van der Waals surface area contributed by atoms with E-state index in [1.54, 1.807) is 18.3 Å². The third kappa shape index (κ3) is 2.14. The lowest BCUT2D eigenvalue weighted by molar-refractivity contribution is 0.112. The number of carbonyl (C=O) groups is 1. The Labute approximate surface area is 92.8 Å². The number of carbonyl (C=O) groups excluding carboxylic acids is 1. The number of rotatable bonds is 2. The van der Waals surface area contributed by atoms with Gasteiger partial charge in [0.05, 0.1) is 6.20 Å². The van der Waals surface area contributed by atoms with Gasteiger partial charge in [-0.3, -0.25) is 9.78 Å². The predicted octanol–water partition coefficient (Wildman–Crippen LogP) is 3.01. The van der Waals surface area contributed by atoms with Crippen molar-refractivity contribution in [2.24, 2.45) is 0 Å². The smallest absolute Gasteiger partial charge is 0.150 e. The molecule has 3 heteroatoms. The second kappa shape index (κ2) is 4.23. The molecule has 0 aliphatic rings. The van der Waals surface area contributed by atoms with E-state index in [1.165, 1.54) is 6.07 Å². The van der Waals surface area contributed by atoms with Crippen LogP contribution in [0.5, 0.6) is 0 Å². The van der Waals surface area contributed by atoms with Crippen LogP contribution >= 0.6 is 0 Å². The highest BCUT2D eigenvalue weighted by molar-refractivity contribution is 5.79. The Morgan fingerprint density at radius 3 is 2.62 bits per heavy atom. The zero-order valence-electron chi connectivity index (χ0n) is 8.77. The van der Waals surface area contributed by atoms with E-state index in [-0.39, 0.29) is 5.82 Å². The van der Waals surface area contributed by atoms with Crippen molar-refractivity contribution in [3.05, 3.63) is 53.6 Å². The van der Waals surface area contributed by atoms with Gasteiger partial charge >= 0.3 is 0 Å². The monoisotopic (exact) mass is 215 g/mol. The van der Waals surface area contributed by atoms with Gasteiger partial charge in [-0.05, 0) is 36.2 Å². The lowest BCUT2D eigenvalue weighted by Gasteiger charge is -2.04. The maximum atomic E-state index is 13.0. The van der Waals surface area contributed by atoms with E-state index in [4.69, 9.17) is 0 Å². The molecule has 16 heavy (non-hydrogen) atoms. The van der Waals surface area contributed by atoms with E-state index in [1.807, 2.05) is 13.0 Å². The van der Waals surface area contributed by atoms with Crippen molar-refractivity contribution in [3.63, 3.8) is 0 Å². The SMILES string of the molecule is Cc1cc(C=O)cc(-c2cncc(F)c2)c1. The molecule has 0 atom stereocenters. The largest absolute Gasteiger partial charge is 0.298 e. The highest BCUT2D eigenvalue weighted by Crippen LogP contribution is 2.21. The number of hydrogen-bond acceptors (Lipinski definition) is 2. The van der Waals surface area contributed by atoms with Gasteiger partial charge in [-0.15, -0.1) is 0 Å². The zero-order chi connectivity index (χ0) is 11.5. The van der Waals surface area contributed by atoms with Gasteiger partial charge in [-0.25, -0.2) is 4.39 Å². The second-order valence-corrected chi connectivity index (χ2v) is 3.64. The van der Waals surface area contributed by atoms with Gasteiger partial charge in [0.25, 0.3) is 0 Å². The van der Waals surface area contributed by atoms with E-state index in [2.05, 4.69) is 4.98 Å². The molecule has 0 aliphatic heterocycles. The summed E-state index contributed by atoms with van der Waals surface area (Å²) in [7, 11) is 0. The summed E-state index contributed by atoms with van der Waals surface area (Å²) < 4.78 is 13.0. The molecule has 0 unspecified atom stereocenters. The lowest BCUT2D eigenvalue weighted by Crippen LogP contribution is -1.87. The highest BCUT2D eigenvalue weighted by atomic mass is 19.1. The van der Waals surface area contributed by atoms with Crippen LogP contribution in [0.25, 0.3) is 11.1 Å². The van der Waals surface area contributed by atoms with Crippen LogP contribution in [-0.2, 0) is 0 Å². The quantitative estimate of drug-likeness (QED) is 0.721. The van der Waals surface area contributed by atoms with Crippen LogP contribution in [0.15, 0.2) is 36.7 Å². The standard InChI is InChI=1S/C13H10FNO/c1-9-2-10(8-16)4-11(3-9)12-5-13(14)7-15-6-12/h2-8H,1H3. The zero-order valence-corrected chi connectivity index (χ0v) is 8.77. The number of aromatic nitrogens is 1. The summed E-state index contributed by atoms with van der Waals surface area (Å²) in [6.45, 7) is 1.89. The molecule has 0 fully saturated rings. The van der Waals surface area contributed by atoms with Crippen molar-refractivity contribution < 1.29 is 9.18 Å². The predicted molar refractivity (Wildman–Crippen MR) is 59.8 cm³/mol. The van der Waals surface area contributed by atoms with Crippen molar-refractivity contribution in [2.75, 3.05) is 0 Å². The van der Waals surface area contributed by atoms with Crippen LogP contribution in [-0.4, -0.2) is 11.3 Å². The molecule has 2 rings (SSSR count). The van der Waals surface area contributed by atoms with Crippen LogP contribution in [0.2, 0.25) is 0 Å². The lowest BCUT2D eigenvalue weighted by atomic mass is 10.0. The third-order valence-electron chi connectivity index (χ3n) is 2.27. The topological polar surface area (TPSA) is 30.0 Å². The average Bonchev–Trinajstić information content (AvgIpc) is 2.28. The fraction of sp³-hybridized carbons (Fsp3) is 0.0769. The minimum atomic E-state index is -0.383. The van der Waals surface area contributed by atoms with Crippen LogP contribution in [0.3, 0.4) is 0 Å². The van der Waals surface area contributed by atoms with Crippen molar-refractivity contribution in [1.82, 2.24) is 4.98 Å². The van der Waals surface area contributed by atoms with Crippen molar-refractivity contribution >= 4 is 6.29 Å². The van der Waals surface area contributed by atoms with Crippen molar-refractivity contribution in [2.45, 2.75) is 6.92 Å². The van der Waals surface area contributed by atoms with Crippen LogP contribution in [0.1, 0.15) is 15.9 Å². The van der Waals surface area contributed by atoms with Gasteiger partial charge in [0.2, 0.25) is 0 Å². The molecule has 0 N–H and O–H groups in total. The first-order valence-electron chi connectivity index (χ1n) is 4.87. The van der Waals surface area contributed by atoms with Crippen LogP contribution < -0.4 is 0 Å². The molecule has 1 aromatic heterocycles. The summed E-state index contributed by atoms with van der Waals surface area (Å²) in [6.07, 6.45) is 3.51. The molecule has 0 radical (unpaired) electrons. The molecule has 2 aromatic rings. The van der Waals surface area contributed by atoms with Gasteiger partial charge < -0.3 is 0 Å². The summed E-state index contributed by atoms with van der Waals surface area (Å²) in [6, 6.07) is 6.79. The van der Waals surface area contributed by atoms with Gasteiger partial charge in [0.1, 0.15) is 12.1 Å². The molecule has 2 nitrogen and oxygen atoms in total. The minimum absolute atomic E-state index is 0.383. The third-order valence-corrected chi connectivity index (χ3v) is 2.27. The molecule has 0 saturated carbocycles. The Bertz CT molecular complexity index is 537. The summed E-state index contributed by atoms with van der Waals surface area (Å²) in [5, 5.41) is 0. The summed E-state index contributed by atoms with van der Waals surface area (Å²) >= 11 is 0. The number of aldehydes is 1. The molecule has 0 aliphatic carbocycles. The molecule has 80 valence electrons. The number of nitrogens with zero attached hydrogens (tertiary/aromatic N) is 1. The second-order valence-electron chi connectivity index (χ2n) is 3.64. The molecule has 0 amide bonds. The van der Waals surface area contributed by atoms with Gasteiger partial charge in [0.15, 0.2) is 0 Å². The number of hydrogen-bond donors (Lipinski definition) is 0. The van der Waals surface area contributed by atoms with E-state index >= 15 is 0 Å². The van der Waals surface area contributed by atoms with Crippen LogP contribution in [0.4, 0.5) is 4.39 Å². The Balaban J connectivity index is 2.55. The first-order chi connectivity index (χ1) is 7.69. The molecule has 0 spiro atoms. The minimum Gasteiger partial charge on any atom is -0.298 e. The van der Waals surface area contributed by atoms with Crippen molar-refractivity contribution in [3.8, 4) is 11.1 Å². The Kier molecular flexibility index (Phi) is 2.77. The first-order valence-corrected chi connectivity index (χ1v) is 4.87. The molecular weight excluding hydrogens is 205 g/mol. The highest BCUT2D eigenvalue weighted by Gasteiger charge is 2.02.